The molecule has 3 rings (SSSR count). The van der Waals surface area contributed by atoms with Gasteiger partial charge in [-0.3, -0.25) is 4.90 Å². The van der Waals surface area contributed by atoms with Crippen molar-refractivity contribution in [1.29, 1.82) is 0 Å². The maximum atomic E-state index is 9.97. The van der Waals surface area contributed by atoms with Crippen LogP contribution in [0.4, 0.5) is 0 Å². The first-order valence-electron chi connectivity index (χ1n) is 7.16. The molecule has 1 saturated heterocycles. The number of para-hydroxylation sites is 1. The van der Waals surface area contributed by atoms with Crippen LogP contribution in [-0.4, -0.2) is 38.5 Å². The van der Waals surface area contributed by atoms with Crippen molar-refractivity contribution in [2.75, 3.05) is 13.1 Å². The van der Waals surface area contributed by atoms with E-state index in [4.69, 9.17) is 0 Å². The Morgan fingerprint density at radius 1 is 1.20 bits per heavy atom. The first kappa shape index (κ1) is 13.3. The molecule has 0 bridgehead atoms. The summed E-state index contributed by atoms with van der Waals surface area (Å²) < 4.78 is 1.91. The molecule has 1 fully saturated rings. The minimum Gasteiger partial charge on any atom is -0.390 e. The lowest BCUT2D eigenvalue weighted by Crippen LogP contribution is -2.41. The highest BCUT2D eigenvalue weighted by Gasteiger charge is 2.27. The molecule has 0 unspecified atom stereocenters. The summed E-state index contributed by atoms with van der Waals surface area (Å²) in [6.45, 7) is 4.73. The molecule has 1 aliphatic rings. The van der Waals surface area contributed by atoms with Gasteiger partial charge in [0.15, 0.2) is 0 Å². The molecule has 0 aliphatic carbocycles. The van der Waals surface area contributed by atoms with Crippen molar-refractivity contribution in [2.45, 2.75) is 31.9 Å². The van der Waals surface area contributed by atoms with Crippen molar-refractivity contribution >= 4 is 0 Å². The van der Waals surface area contributed by atoms with Crippen LogP contribution in [0.2, 0.25) is 0 Å². The van der Waals surface area contributed by atoms with Gasteiger partial charge in [0.2, 0.25) is 0 Å². The van der Waals surface area contributed by atoms with Gasteiger partial charge in [0, 0.05) is 31.4 Å². The third kappa shape index (κ3) is 3.08. The quantitative estimate of drug-likeness (QED) is 0.930. The van der Waals surface area contributed by atoms with Gasteiger partial charge in [-0.05, 0) is 31.9 Å². The third-order valence-electron chi connectivity index (χ3n) is 4.00. The molecule has 106 valence electrons. The van der Waals surface area contributed by atoms with E-state index in [1.807, 2.05) is 36.0 Å². The molecular formula is C16H21N3O. The molecular weight excluding hydrogens is 250 g/mol. The average Bonchev–Trinajstić information content (AvgIpc) is 2.91. The van der Waals surface area contributed by atoms with E-state index in [-0.39, 0.29) is 0 Å². The van der Waals surface area contributed by atoms with Crippen molar-refractivity contribution in [3.63, 3.8) is 0 Å². The normalized spacial score (nSPS) is 19.1. The highest BCUT2D eigenvalue weighted by Crippen LogP contribution is 2.22. The van der Waals surface area contributed by atoms with Gasteiger partial charge in [-0.1, -0.05) is 18.2 Å². The van der Waals surface area contributed by atoms with Crippen LogP contribution < -0.4 is 0 Å². The van der Waals surface area contributed by atoms with Gasteiger partial charge in [0.05, 0.1) is 17.5 Å². The number of piperidine rings is 1. The zero-order valence-corrected chi connectivity index (χ0v) is 11.9. The largest absolute Gasteiger partial charge is 0.390 e. The number of likely N-dealkylation sites (tertiary alicyclic amines) is 1. The van der Waals surface area contributed by atoms with E-state index in [0.29, 0.717) is 0 Å². The van der Waals surface area contributed by atoms with Gasteiger partial charge >= 0.3 is 0 Å². The highest BCUT2D eigenvalue weighted by atomic mass is 16.3. The van der Waals surface area contributed by atoms with E-state index in [9.17, 15) is 5.11 Å². The molecule has 1 aliphatic heterocycles. The van der Waals surface area contributed by atoms with Gasteiger partial charge < -0.3 is 5.11 Å². The minimum atomic E-state index is -0.481. The Morgan fingerprint density at radius 2 is 1.90 bits per heavy atom. The standard InChI is InChI=1S/C16H21N3O/c1-16(20)7-9-18(10-8-16)12-14-11-17-19(13-14)15-5-3-2-4-6-15/h2-6,11,13,20H,7-10,12H2,1H3. The van der Waals surface area contributed by atoms with E-state index in [2.05, 4.69) is 28.3 Å². The summed E-state index contributed by atoms with van der Waals surface area (Å²) in [5, 5.41) is 14.4. The molecule has 20 heavy (non-hydrogen) atoms. The van der Waals surface area contributed by atoms with Gasteiger partial charge in [-0.25, -0.2) is 4.68 Å². The Balaban J connectivity index is 1.64. The molecule has 0 amide bonds. The van der Waals surface area contributed by atoms with Crippen molar-refractivity contribution in [3.05, 3.63) is 48.3 Å². The Kier molecular flexibility index (Phi) is 3.59. The minimum absolute atomic E-state index is 0.481. The fourth-order valence-electron chi connectivity index (χ4n) is 2.61. The molecule has 0 spiro atoms. The lowest BCUT2D eigenvalue weighted by atomic mass is 9.94. The van der Waals surface area contributed by atoms with Crippen molar-refractivity contribution in [2.24, 2.45) is 0 Å². The molecule has 4 heteroatoms. The maximum Gasteiger partial charge on any atom is 0.0645 e. The number of aromatic nitrogens is 2. The summed E-state index contributed by atoms with van der Waals surface area (Å²) in [7, 11) is 0. The molecule has 0 radical (unpaired) electrons. The van der Waals surface area contributed by atoms with Gasteiger partial charge in [0.25, 0.3) is 0 Å². The zero-order chi connectivity index (χ0) is 14.0. The van der Waals surface area contributed by atoms with Crippen LogP contribution in [0.25, 0.3) is 5.69 Å². The SMILES string of the molecule is CC1(O)CCN(Cc2cnn(-c3ccccc3)c2)CC1. The monoisotopic (exact) mass is 271 g/mol. The number of hydrogen-bond donors (Lipinski definition) is 1. The fourth-order valence-corrected chi connectivity index (χ4v) is 2.61. The van der Waals surface area contributed by atoms with Crippen LogP contribution in [0.3, 0.4) is 0 Å². The molecule has 1 aromatic carbocycles. The molecule has 0 saturated carbocycles. The second kappa shape index (κ2) is 5.38. The summed E-state index contributed by atoms with van der Waals surface area (Å²) in [6.07, 6.45) is 5.71. The van der Waals surface area contributed by atoms with Crippen LogP contribution in [0.1, 0.15) is 25.3 Å². The van der Waals surface area contributed by atoms with Crippen LogP contribution >= 0.6 is 0 Å². The van der Waals surface area contributed by atoms with Crippen molar-refractivity contribution in [1.82, 2.24) is 14.7 Å². The molecule has 2 heterocycles. The topological polar surface area (TPSA) is 41.3 Å². The van der Waals surface area contributed by atoms with Crippen LogP contribution in [0.15, 0.2) is 42.7 Å². The Bertz CT molecular complexity index is 552. The van der Waals surface area contributed by atoms with E-state index >= 15 is 0 Å². The summed E-state index contributed by atoms with van der Waals surface area (Å²) in [5.41, 5.74) is 1.82. The second-order valence-electron chi connectivity index (χ2n) is 5.90. The van der Waals surface area contributed by atoms with Crippen LogP contribution in [-0.2, 0) is 6.54 Å². The lowest BCUT2D eigenvalue weighted by molar-refractivity contribution is -0.00730. The average molecular weight is 271 g/mol. The summed E-state index contributed by atoms with van der Waals surface area (Å²) >= 11 is 0. The van der Waals surface area contributed by atoms with E-state index < -0.39 is 5.60 Å². The van der Waals surface area contributed by atoms with E-state index in [0.717, 1.165) is 38.2 Å². The highest BCUT2D eigenvalue weighted by molar-refractivity contribution is 5.30. The lowest BCUT2D eigenvalue weighted by Gasteiger charge is -2.35. The van der Waals surface area contributed by atoms with E-state index in [1.165, 1.54) is 5.56 Å². The first-order valence-corrected chi connectivity index (χ1v) is 7.16. The number of rotatable bonds is 3. The number of nitrogens with zero attached hydrogens (tertiary/aromatic N) is 3. The Morgan fingerprint density at radius 3 is 2.60 bits per heavy atom. The summed E-state index contributed by atoms with van der Waals surface area (Å²) in [4.78, 5) is 2.38. The summed E-state index contributed by atoms with van der Waals surface area (Å²) in [6, 6.07) is 10.1. The Hall–Kier alpha value is -1.65. The number of benzene rings is 1. The first-order chi connectivity index (χ1) is 9.62. The number of aliphatic hydroxyl groups is 1. The predicted octanol–water partition coefficient (Wildman–Crippen LogP) is 2.22. The van der Waals surface area contributed by atoms with Crippen LogP contribution in [0, 0.1) is 0 Å². The van der Waals surface area contributed by atoms with Crippen molar-refractivity contribution in [3.8, 4) is 5.69 Å². The molecule has 4 nitrogen and oxygen atoms in total. The van der Waals surface area contributed by atoms with Crippen molar-refractivity contribution < 1.29 is 5.11 Å². The third-order valence-corrected chi connectivity index (χ3v) is 4.00. The maximum absolute atomic E-state index is 9.97. The van der Waals surface area contributed by atoms with Gasteiger partial charge in [-0.15, -0.1) is 0 Å². The second-order valence-corrected chi connectivity index (χ2v) is 5.90. The smallest absolute Gasteiger partial charge is 0.0645 e. The molecule has 2 aromatic rings. The fraction of sp³-hybridized carbons (Fsp3) is 0.438. The summed E-state index contributed by atoms with van der Waals surface area (Å²) in [5.74, 6) is 0. The predicted molar refractivity (Wildman–Crippen MR) is 78.7 cm³/mol. The Labute approximate surface area is 119 Å². The van der Waals surface area contributed by atoms with Gasteiger partial charge in [0.1, 0.15) is 0 Å². The molecule has 1 N–H and O–H groups in total. The zero-order valence-electron chi connectivity index (χ0n) is 11.9. The molecule has 1 aromatic heterocycles. The van der Waals surface area contributed by atoms with Gasteiger partial charge in [-0.2, -0.15) is 5.10 Å². The number of hydrogen-bond acceptors (Lipinski definition) is 3. The molecule has 0 atom stereocenters. The van der Waals surface area contributed by atoms with Crippen LogP contribution in [0.5, 0.6) is 0 Å². The van der Waals surface area contributed by atoms with E-state index in [1.54, 1.807) is 0 Å².